The van der Waals surface area contributed by atoms with E-state index in [1.54, 1.807) is 12.4 Å². The van der Waals surface area contributed by atoms with Crippen molar-refractivity contribution in [1.82, 2.24) is 29.6 Å². The van der Waals surface area contributed by atoms with Crippen molar-refractivity contribution < 1.29 is 0 Å². The first-order valence-corrected chi connectivity index (χ1v) is 10.9. The van der Waals surface area contributed by atoms with Gasteiger partial charge in [0, 0.05) is 43.0 Å². The number of piperidine rings is 1. The smallest absolute Gasteiger partial charge is 0.151 e. The van der Waals surface area contributed by atoms with Crippen LogP contribution in [-0.4, -0.2) is 48.8 Å². The Balaban J connectivity index is 1.47. The molecule has 1 atom stereocenters. The molecule has 0 spiro atoms. The van der Waals surface area contributed by atoms with Gasteiger partial charge in [-0.2, -0.15) is 5.26 Å². The molecule has 1 unspecified atom stereocenters. The molecular formula is C22H23ClN8. The van der Waals surface area contributed by atoms with Crippen LogP contribution in [0.3, 0.4) is 0 Å². The van der Waals surface area contributed by atoms with Crippen LogP contribution in [0.5, 0.6) is 0 Å². The molecule has 0 radical (unpaired) electrons. The molecule has 3 aromatic rings. The molecule has 1 aromatic carbocycles. The molecule has 9 heteroatoms. The quantitative estimate of drug-likeness (QED) is 0.624. The zero-order valence-electron chi connectivity index (χ0n) is 17.3. The Bertz CT molecular complexity index is 1110. The first-order chi connectivity index (χ1) is 15.1. The summed E-state index contributed by atoms with van der Waals surface area (Å²) in [6.45, 7) is 4.94. The molecule has 2 aromatic heterocycles. The van der Waals surface area contributed by atoms with Gasteiger partial charge in [0.1, 0.15) is 11.6 Å². The highest BCUT2D eigenvalue weighted by atomic mass is 35.5. The minimum Gasteiger partial charge on any atom is -0.355 e. The highest BCUT2D eigenvalue weighted by molar-refractivity contribution is 6.30. The number of benzene rings is 1. The van der Waals surface area contributed by atoms with E-state index >= 15 is 0 Å². The molecule has 2 aliphatic rings. The maximum absolute atomic E-state index is 9.48. The lowest BCUT2D eigenvalue weighted by molar-refractivity contribution is 0.225. The molecule has 0 N–H and O–H groups in total. The number of nitriles is 1. The predicted octanol–water partition coefficient (Wildman–Crippen LogP) is 3.32. The highest BCUT2D eigenvalue weighted by Gasteiger charge is 2.31. The highest BCUT2D eigenvalue weighted by Crippen LogP contribution is 2.34. The van der Waals surface area contributed by atoms with Crippen molar-refractivity contribution >= 4 is 17.4 Å². The fourth-order valence-corrected chi connectivity index (χ4v) is 4.69. The van der Waals surface area contributed by atoms with Crippen molar-refractivity contribution in [3.8, 4) is 11.8 Å². The van der Waals surface area contributed by atoms with Gasteiger partial charge in [-0.25, -0.2) is 4.98 Å². The molecular weight excluding hydrogens is 412 g/mol. The fraction of sp³-hybridized carbons (Fsp3) is 0.409. The molecule has 0 amide bonds. The van der Waals surface area contributed by atoms with Gasteiger partial charge < -0.3 is 4.90 Å². The summed E-state index contributed by atoms with van der Waals surface area (Å²) in [5.41, 5.74) is 2.15. The summed E-state index contributed by atoms with van der Waals surface area (Å²) in [7, 11) is 0. The summed E-state index contributed by atoms with van der Waals surface area (Å²) in [4.78, 5) is 13.0. The second kappa shape index (κ2) is 8.25. The number of fused-ring (bicyclic) bond motifs is 3. The standard InChI is InChI=1S/C22H23ClN8/c1-15(11-24)30-13-17-10-18(23)2-3-19(17)31-21(14-30)27-28-22(31)16-4-8-29(9-5-16)20-12-25-6-7-26-20/h2-3,6-7,10,12,15-16H,4-5,8-9,13-14H2,1H3. The number of anilines is 1. The summed E-state index contributed by atoms with van der Waals surface area (Å²) in [5.74, 6) is 3.08. The normalized spacial score (nSPS) is 18.0. The van der Waals surface area contributed by atoms with Crippen LogP contribution in [0, 0.1) is 11.3 Å². The van der Waals surface area contributed by atoms with Crippen LogP contribution in [0.15, 0.2) is 36.8 Å². The van der Waals surface area contributed by atoms with Crippen molar-refractivity contribution in [2.75, 3.05) is 18.0 Å². The van der Waals surface area contributed by atoms with Gasteiger partial charge in [0.05, 0.1) is 30.5 Å². The first-order valence-electron chi connectivity index (χ1n) is 10.5. The van der Waals surface area contributed by atoms with E-state index in [4.69, 9.17) is 11.6 Å². The molecule has 1 saturated heterocycles. The average Bonchev–Trinajstić information content (AvgIpc) is 3.15. The van der Waals surface area contributed by atoms with Crippen molar-refractivity contribution in [3.05, 3.63) is 59.0 Å². The van der Waals surface area contributed by atoms with E-state index in [1.165, 1.54) is 0 Å². The van der Waals surface area contributed by atoms with Crippen LogP contribution < -0.4 is 4.90 Å². The van der Waals surface area contributed by atoms with E-state index in [2.05, 4.69) is 40.6 Å². The molecule has 4 heterocycles. The zero-order chi connectivity index (χ0) is 21.4. The van der Waals surface area contributed by atoms with Crippen LogP contribution >= 0.6 is 11.6 Å². The van der Waals surface area contributed by atoms with Crippen LogP contribution in [-0.2, 0) is 13.1 Å². The second-order valence-electron chi connectivity index (χ2n) is 8.12. The number of nitrogens with zero attached hydrogens (tertiary/aromatic N) is 8. The Labute approximate surface area is 186 Å². The van der Waals surface area contributed by atoms with Crippen LogP contribution in [0.1, 0.15) is 42.9 Å². The fourth-order valence-electron chi connectivity index (χ4n) is 4.49. The van der Waals surface area contributed by atoms with Gasteiger partial charge in [0.15, 0.2) is 5.82 Å². The molecule has 31 heavy (non-hydrogen) atoms. The van der Waals surface area contributed by atoms with E-state index in [0.717, 1.165) is 54.6 Å². The van der Waals surface area contributed by atoms with Crippen molar-refractivity contribution in [3.63, 3.8) is 0 Å². The Morgan fingerprint density at radius 3 is 2.74 bits per heavy atom. The van der Waals surface area contributed by atoms with E-state index in [1.807, 2.05) is 31.3 Å². The largest absolute Gasteiger partial charge is 0.355 e. The number of aromatic nitrogens is 5. The molecule has 5 rings (SSSR count). The van der Waals surface area contributed by atoms with Gasteiger partial charge in [0.2, 0.25) is 0 Å². The van der Waals surface area contributed by atoms with Crippen LogP contribution in [0.4, 0.5) is 5.82 Å². The molecule has 0 bridgehead atoms. The summed E-state index contributed by atoms with van der Waals surface area (Å²) in [6.07, 6.45) is 7.18. The Kier molecular flexibility index (Phi) is 5.30. The molecule has 0 aliphatic carbocycles. The van der Waals surface area contributed by atoms with E-state index < -0.39 is 0 Å². The van der Waals surface area contributed by atoms with Crippen molar-refractivity contribution in [1.29, 1.82) is 5.26 Å². The average molecular weight is 435 g/mol. The van der Waals surface area contributed by atoms with Crippen molar-refractivity contribution in [2.24, 2.45) is 0 Å². The van der Waals surface area contributed by atoms with E-state index in [-0.39, 0.29) is 6.04 Å². The minimum absolute atomic E-state index is 0.228. The molecule has 1 fully saturated rings. The van der Waals surface area contributed by atoms with Gasteiger partial charge in [0.25, 0.3) is 0 Å². The summed E-state index contributed by atoms with van der Waals surface area (Å²) in [6, 6.07) is 8.07. The van der Waals surface area contributed by atoms with Crippen LogP contribution in [0.25, 0.3) is 5.69 Å². The SMILES string of the molecule is CC(C#N)N1Cc2cc(Cl)ccc2-n2c(nnc2C2CCN(c3cnccn3)CC2)C1. The van der Waals surface area contributed by atoms with E-state index in [9.17, 15) is 5.26 Å². The van der Waals surface area contributed by atoms with Gasteiger partial charge in [-0.3, -0.25) is 14.5 Å². The lowest BCUT2D eigenvalue weighted by Crippen LogP contribution is -2.34. The first kappa shape index (κ1) is 19.9. The second-order valence-corrected chi connectivity index (χ2v) is 8.55. The van der Waals surface area contributed by atoms with Gasteiger partial charge in [-0.15, -0.1) is 10.2 Å². The molecule has 8 nitrogen and oxygen atoms in total. The Hall–Kier alpha value is -3.02. The third-order valence-corrected chi connectivity index (χ3v) is 6.46. The summed E-state index contributed by atoms with van der Waals surface area (Å²) in [5, 5.41) is 19.4. The number of rotatable bonds is 3. The number of hydrogen-bond donors (Lipinski definition) is 0. The van der Waals surface area contributed by atoms with Crippen molar-refractivity contribution in [2.45, 2.75) is 44.8 Å². The van der Waals surface area contributed by atoms with Gasteiger partial charge >= 0.3 is 0 Å². The zero-order valence-corrected chi connectivity index (χ0v) is 18.1. The lowest BCUT2D eigenvalue weighted by atomic mass is 9.95. The monoisotopic (exact) mass is 434 g/mol. The maximum Gasteiger partial charge on any atom is 0.151 e. The Morgan fingerprint density at radius 2 is 2.00 bits per heavy atom. The maximum atomic E-state index is 9.48. The third-order valence-electron chi connectivity index (χ3n) is 6.22. The van der Waals surface area contributed by atoms with Gasteiger partial charge in [-0.1, -0.05) is 11.6 Å². The Morgan fingerprint density at radius 1 is 1.16 bits per heavy atom. The lowest BCUT2D eigenvalue weighted by Gasteiger charge is -2.32. The predicted molar refractivity (Wildman–Crippen MR) is 117 cm³/mol. The van der Waals surface area contributed by atoms with E-state index in [0.29, 0.717) is 24.0 Å². The molecule has 158 valence electrons. The summed E-state index contributed by atoms with van der Waals surface area (Å²) < 4.78 is 2.19. The number of hydrogen-bond acceptors (Lipinski definition) is 7. The minimum atomic E-state index is -0.228. The third kappa shape index (κ3) is 3.75. The van der Waals surface area contributed by atoms with Gasteiger partial charge in [-0.05, 0) is 43.5 Å². The van der Waals surface area contributed by atoms with Crippen LogP contribution in [0.2, 0.25) is 5.02 Å². The topological polar surface area (TPSA) is 86.8 Å². The summed E-state index contributed by atoms with van der Waals surface area (Å²) >= 11 is 6.31. The molecule has 2 aliphatic heterocycles. The number of halogens is 1. The molecule has 0 saturated carbocycles.